The van der Waals surface area contributed by atoms with Crippen LogP contribution in [0.15, 0.2) is 84.0 Å². The van der Waals surface area contributed by atoms with Crippen LogP contribution in [0.2, 0.25) is 0 Å². The topological polar surface area (TPSA) is 93.1 Å². The van der Waals surface area contributed by atoms with Crippen molar-refractivity contribution in [2.45, 2.75) is 12.2 Å². The Hall–Kier alpha value is -4.67. The van der Waals surface area contributed by atoms with Crippen LogP contribution in [0.1, 0.15) is 27.9 Å². The molecule has 2 aromatic heterocycles. The Balaban J connectivity index is 1.77. The molecule has 36 heavy (non-hydrogen) atoms. The van der Waals surface area contributed by atoms with Crippen molar-refractivity contribution in [3.8, 4) is 22.9 Å². The lowest BCUT2D eigenvalue weighted by Crippen LogP contribution is -2.31. The summed E-state index contributed by atoms with van der Waals surface area (Å²) < 4.78 is 9.49. The Labute approximate surface area is 207 Å². The first-order valence-corrected chi connectivity index (χ1v) is 11.5. The van der Waals surface area contributed by atoms with Gasteiger partial charge in [-0.25, -0.2) is 4.98 Å². The van der Waals surface area contributed by atoms with E-state index in [1.54, 1.807) is 53.0 Å². The normalized spacial score (nSPS) is 16.5. The maximum absolute atomic E-state index is 12.9. The Kier molecular flexibility index (Phi) is 4.82. The molecule has 7 heteroatoms. The van der Waals surface area contributed by atoms with Gasteiger partial charge in [0.1, 0.15) is 18.4 Å². The highest BCUT2D eigenvalue weighted by Gasteiger charge is 2.37. The van der Waals surface area contributed by atoms with Crippen molar-refractivity contribution in [2.24, 2.45) is 14.1 Å². The maximum atomic E-state index is 12.9. The van der Waals surface area contributed by atoms with Crippen molar-refractivity contribution in [3.63, 3.8) is 0 Å². The van der Waals surface area contributed by atoms with Gasteiger partial charge in [-0.15, -0.1) is 0 Å². The van der Waals surface area contributed by atoms with Gasteiger partial charge in [0.15, 0.2) is 5.60 Å². The van der Waals surface area contributed by atoms with Crippen molar-refractivity contribution >= 4 is 10.9 Å². The lowest BCUT2D eigenvalue weighted by molar-refractivity contribution is 0.117. The molecule has 0 saturated heterocycles. The molecule has 1 aliphatic rings. The fourth-order valence-electron chi connectivity index (χ4n) is 5.04. The minimum atomic E-state index is -1.61. The molecule has 0 unspecified atom stereocenters. The molecule has 0 saturated carbocycles. The Morgan fingerprint density at radius 2 is 1.86 bits per heavy atom. The number of imidazole rings is 1. The largest absolute Gasteiger partial charge is 0.488 e. The summed E-state index contributed by atoms with van der Waals surface area (Å²) in [6.07, 6.45) is 3.27. The number of ether oxygens (including phenoxy) is 1. The van der Waals surface area contributed by atoms with Crippen LogP contribution in [0.5, 0.6) is 5.75 Å². The molecule has 0 spiro atoms. The smallest absolute Gasteiger partial charge is 0.251 e. The molecule has 176 valence electrons. The molecule has 0 fully saturated rings. The van der Waals surface area contributed by atoms with Gasteiger partial charge in [-0.2, -0.15) is 5.26 Å². The average Bonchev–Trinajstić information content (AvgIpc) is 3.34. The van der Waals surface area contributed by atoms with Crippen LogP contribution in [0, 0.1) is 11.3 Å². The predicted octanol–water partition coefficient (Wildman–Crippen LogP) is 3.99. The molecule has 3 aromatic carbocycles. The van der Waals surface area contributed by atoms with Gasteiger partial charge in [-0.3, -0.25) is 4.79 Å². The van der Waals surface area contributed by atoms with Crippen LogP contribution in [-0.2, 0) is 26.3 Å². The third-order valence-corrected chi connectivity index (χ3v) is 7.00. The van der Waals surface area contributed by atoms with Crippen LogP contribution >= 0.6 is 0 Å². The zero-order chi connectivity index (χ0) is 25.0. The number of rotatable bonds is 1. The minimum Gasteiger partial charge on any atom is -0.488 e. The molecule has 0 radical (unpaired) electrons. The standard InChI is InChI=1S/C29H22N4O3/c1-32-17-31-15-27(32)29(35)21-8-9-25-24(11-21)23(13-28(34)33(25)2)19-5-3-4-18(10-19)16-36-26-12-22(29)7-6-20(26)14-30/h3-13,15,17,35H,16H2,1-2H3/t29-/m1/s1. The van der Waals surface area contributed by atoms with Gasteiger partial charge in [0, 0.05) is 25.5 Å². The maximum Gasteiger partial charge on any atom is 0.251 e. The van der Waals surface area contributed by atoms with Crippen LogP contribution in [0.25, 0.3) is 22.0 Å². The number of nitrogens with zero attached hydrogens (tertiary/aromatic N) is 4. The number of nitriles is 1. The van der Waals surface area contributed by atoms with Crippen LogP contribution < -0.4 is 10.3 Å². The fraction of sp³-hybridized carbons (Fsp3) is 0.138. The highest BCUT2D eigenvalue weighted by molar-refractivity contribution is 5.95. The van der Waals surface area contributed by atoms with E-state index < -0.39 is 5.60 Å². The van der Waals surface area contributed by atoms with Crippen LogP contribution in [-0.4, -0.2) is 19.2 Å². The van der Waals surface area contributed by atoms with Gasteiger partial charge < -0.3 is 19.0 Å². The van der Waals surface area contributed by atoms with Crippen molar-refractivity contribution in [1.29, 1.82) is 5.26 Å². The zero-order valence-electron chi connectivity index (χ0n) is 19.8. The van der Waals surface area contributed by atoms with E-state index in [1.165, 1.54) is 0 Å². The van der Waals surface area contributed by atoms with Crippen molar-refractivity contribution < 1.29 is 9.84 Å². The summed E-state index contributed by atoms with van der Waals surface area (Å²) in [5.41, 5.74) is 3.63. The number of pyridine rings is 1. The molecular formula is C29H22N4O3. The van der Waals surface area contributed by atoms with E-state index >= 15 is 0 Å². The highest BCUT2D eigenvalue weighted by Crippen LogP contribution is 2.41. The summed E-state index contributed by atoms with van der Waals surface area (Å²) in [4.78, 5) is 17.1. The molecule has 7 nitrogen and oxygen atoms in total. The lowest BCUT2D eigenvalue weighted by atomic mass is 9.82. The molecule has 6 rings (SSSR count). The summed E-state index contributed by atoms with van der Waals surface area (Å²) >= 11 is 0. The van der Waals surface area contributed by atoms with E-state index in [-0.39, 0.29) is 12.2 Å². The monoisotopic (exact) mass is 474 g/mol. The summed E-state index contributed by atoms with van der Waals surface area (Å²) in [6.45, 7) is 0.224. The lowest BCUT2D eigenvalue weighted by Gasteiger charge is -2.30. The SMILES string of the molecule is Cn1cncc1[C@]1(O)c2ccc(C#N)c(c2)OCc2cccc(c2)-c2cc(=O)n(C)c3ccc1cc23. The summed E-state index contributed by atoms with van der Waals surface area (Å²) in [6, 6.07) is 22.4. The zero-order valence-corrected chi connectivity index (χ0v) is 19.8. The van der Waals surface area contributed by atoms with Crippen LogP contribution in [0.3, 0.4) is 0 Å². The number of benzene rings is 3. The summed E-state index contributed by atoms with van der Waals surface area (Å²) in [7, 11) is 3.57. The third kappa shape index (κ3) is 3.16. The number of hydrogen-bond acceptors (Lipinski definition) is 5. The second-order valence-electron chi connectivity index (χ2n) is 9.10. The van der Waals surface area contributed by atoms with Gasteiger partial charge in [0.05, 0.1) is 29.3 Å². The summed E-state index contributed by atoms with van der Waals surface area (Å²) in [5.74, 6) is 0.382. The number of hydrogen-bond donors (Lipinski definition) is 1. The molecule has 1 aliphatic heterocycles. The van der Waals surface area contributed by atoms with E-state index in [9.17, 15) is 15.2 Å². The minimum absolute atomic E-state index is 0.122. The molecular weight excluding hydrogens is 452 g/mol. The Morgan fingerprint density at radius 3 is 2.64 bits per heavy atom. The highest BCUT2D eigenvalue weighted by atomic mass is 16.5. The number of fused-ring (bicyclic) bond motifs is 6. The van der Waals surface area contributed by atoms with E-state index in [2.05, 4.69) is 11.1 Å². The second kappa shape index (κ2) is 7.94. The third-order valence-electron chi connectivity index (χ3n) is 7.00. The first-order valence-electron chi connectivity index (χ1n) is 11.5. The van der Waals surface area contributed by atoms with Crippen LogP contribution in [0.4, 0.5) is 0 Å². The van der Waals surface area contributed by atoms with E-state index in [0.29, 0.717) is 28.1 Å². The molecule has 1 atom stereocenters. The quantitative estimate of drug-likeness (QED) is 0.397. The molecule has 3 heterocycles. The van der Waals surface area contributed by atoms with E-state index in [0.717, 1.165) is 27.6 Å². The Bertz CT molecular complexity index is 1780. The molecule has 0 aliphatic carbocycles. The Morgan fingerprint density at radius 1 is 1.06 bits per heavy atom. The van der Waals surface area contributed by atoms with Crippen molar-refractivity contribution in [2.75, 3.05) is 0 Å². The van der Waals surface area contributed by atoms with Gasteiger partial charge >= 0.3 is 0 Å². The first-order chi connectivity index (χ1) is 17.4. The molecule has 1 N–H and O–H groups in total. The molecule has 5 aromatic rings. The number of aryl methyl sites for hydroxylation is 2. The predicted molar refractivity (Wildman–Crippen MR) is 135 cm³/mol. The number of aromatic nitrogens is 3. The van der Waals surface area contributed by atoms with Gasteiger partial charge in [0.25, 0.3) is 5.56 Å². The number of aliphatic hydroxyl groups is 1. The van der Waals surface area contributed by atoms with Gasteiger partial charge in [-0.1, -0.05) is 30.3 Å². The molecule has 0 amide bonds. The van der Waals surface area contributed by atoms with E-state index in [4.69, 9.17) is 4.74 Å². The van der Waals surface area contributed by atoms with Gasteiger partial charge in [-0.05, 0) is 58.1 Å². The van der Waals surface area contributed by atoms with Crippen molar-refractivity contribution in [3.05, 3.63) is 118 Å². The van der Waals surface area contributed by atoms with Crippen molar-refractivity contribution in [1.82, 2.24) is 14.1 Å². The fourth-order valence-corrected chi connectivity index (χ4v) is 5.04. The van der Waals surface area contributed by atoms with E-state index in [1.807, 2.05) is 49.5 Å². The molecule has 6 bridgehead atoms. The average molecular weight is 475 g/mol. The summed E-state index contributed by atoms with van der Waals surface area (Å²) in [5, 5.41) is 23.0. The second-order valence-corrected chi connectivity index (χ2v) is 9.10. The first kappa shape index (κ1) is 21.8. The van der Waals surface area contributed by atoms with Gasteiger partial charge in [0.2, 0.25) is 0 Å².